The van der Waals surface area contributed by atoms with E-state index < -0.39 is 0 Å². The Kier molecular flexibility index (Phi) is 10.9. The molecule has 0 aromatic heterocycles. The summed E-state index contributed by atoms with van der Waals surface area (Å²) < 4.78 is 10.5. The van der Waals surface area contributed by atoms with Crippen molar-refractivity contribution >= 4 is 36.0 Å². The minimum atomic E-state index is -0.231. The second-order valence-corrected chi connectivity index (χ2v) is 5.97. The number of ether oxygens (including phenoxy) is 2. The van der Waals surface area contributed by atoms with Gasteiger partial charge in [0, 0.05) is 39.3 Å². The normalized spacial score (nSPS) is 14.4. The fraction of sp³-hybridized carbons (Fsp3) is 0.579. The van der Waals surface area contributed by atoms with Gasteiger partial charge < -0.3 is 24.6 Å². The zero-order chi connectivity index (χ0) is 18.8. The Labute approximate surface area is 179 Å². The van der Waals surface area contributed by atoms with E-state index in [0.29, 0.717) is 26.2 Å². The highest BCUT2D eigenvalue weighted by Crippen LogP contribution is 2.17. The molecular weight excluding hydrogens is 459 g/mol. The number of amides is 1. The number of carbonyl (C=O) groups is 1. The average Bonchev–Trinajstić information content (AvgIpc) is 2.68. The predicted octanol–water partition coefficient (Wildman–Crippen LogP) is 2.60. The molecule has 1 aliphatic rings. The Morgan fingerprint density at radius 3 is 2.44 bits per heavy atom. The van der Waals surface area contributed by atoms with Gasteiger partial charge in [0.2, 0.25) is 0 Å². The molecule has 0 radical (unpaired) electrons. The highest BCUT2D eigenvalue weighted by molar-refractivity contribution is 14.0. The molecular formula is C19H31IN4O3. The van der Waals surface area contributed by atoms with E-state index in [1.165, 1.54) is 0 Å². The lowest BCUT2D eigenvalue weighted by molar-refractivity contribution is 0.0914. The zero-order valence-electron chi connectivity index (χ0n) is 16.4. The van der Waals surface area contributed by atoms with E-state index in [0.717, 1.165) is 43.3 Å². The van der Waals surface area contributed by atoms with Crippen LogP contribution in [0.1, 0.15) is 19.4 Å². The van der Waals surface area contributed by atoms with Crippen LogP contribution in [0.2, 0.25) is 0 Å². The molecule has 152 valence electrons. The number of guanidine groups is 1. The van der Waals surface area contributed by atoms with Gasteiger partial charge in [0.25, 0.3) is 0 Å². The highest BCUT2D eigenvalue weighted by atomic mass is 127. The molecule has 1 amide bonds. The van der Waals surface area contributed by atoms with Crippen molar-refractivity contribution in [3.63, 3.8) is 0 Å². The van der Waals surface area contributed by atoms with Crippen LogP contribution in [-0.2, 0) is 11.2 Å². The lowest BCUT2D eigenvalue weighted by atomic mass is 10.1. The summed E-state index contributed by atoms with van der Waals surface area (Å²) in [4.78, 5) is 20.5. The van der Waals surface area contributed by atoms with Crippen molar-refractivity contribution in [3.05, 3.63) is 29.8 Å². The minimum Gasteiger partial charge on any atom is -0.496 e. The quantitative estimate of drug-likeness (QED) is 0.378. The number of hydrogen-bond acceptors (Lipinski definition) is 4. The molecule has 1 N–H and O–H groups in total. The van der Waals surface area contributed by atoms with Crippen LogP contribution < -0.4 is 10.1 Å². The molecule has 7 nitrogen and oxygen atoms in total. The van der Waals surface area contributed by atoms with E-state index in [2.05, 4.69) is 23.2 Å². The lowest BCUT2D eigenvalue weighted by Crippen LogP contribution is -2.54. The maximum Gasteiger partial charge on any atom is 0.409 e. The van der Waals surface area contributed by atoms with Crippen molar-refractivity contribution < 1.29 is 14.3 Å². The number of rotatable bonds is 6. The third-order valence-electron chi connectivity index (χ3n) is 4.28. The Hall–Kier alpha value is -1.71. The highest BCUT2D eigenvalue weighted by Gasteiger charge is 2.23. The fourth-order valence-electron chi connectivity index (χ4n) is 2.93. The maximum absolute atomic E-state index is 11.8. The van der Waals surface area contributed by atoms with Crippen molar-refractivity contribution in [2.45, 2.75) is 20.3 Å². The summed E-state index contributed by atoms with van der Waals surface area (Å²) in [5.74, 6) is 1.79. The summed E-state index contributed by atoms with van der Waals surface area (Å²) in [5.41, 5.74) is 1.15. The maximum atomic E-state index is 11.8. The van der Waals surface area contributed by atoms with Gasteiger partial charge in [-0.2, -0.15) is 0 Å². The van der Waals surface area contributed by atoms with Gasteiger partial charge in [0.1, 0.15) is 5.75 Å². The standard InChI is InChI=1S/C19H30N4O3.HI/c1-4-20-18(21-11-10-16-8-6-7-9-17(16)25-3)22-12-14-23(15-13-22)19(24)26-5-2;/h6-9H,4-5,10-15H2,1-3H3,(H,20,21);1H. The Morgan fingerprint density at radius 1 is 1.15 bits per heavy atom. The molecule has 27 heavy (non-hydrogen) atoms. The molecule has 1 fully saturated rings. The number of carbonyl (C=O) groups excluding carboxylic acids is 1. The third-order valence-corrected chi connectivity index (χ3v) is 4.28. The molecule has 1 aliphatic heterocycles. The van der Waals surface area contributed by atoms with E-state index in [1.54, 1.807) is 12.0 Å². The van der Waals surface area contributed by atoms with Gasteiger partial charge in [0.05, 0.1) is 13.7 Å². The van der Waals surface area contributed by atoms with Crippen molar-refractivity contribution in [2.24, 2.45) is 4.99 Å². The monoisotopic (exact) mass is 490 g/mol. The Balaban J connectivity index is 0.00000364. The van der Waals surface area contributed by atoms with Crippen LogP contribution in [0.5, 0.6) is 5.75 Å². The number of nitrogens with one attached hydrogen (secondary N) is 1. The number of halogens is 1. The number of para-hydroxylation sites is 1. The molecule has 0 atom stereocenters. The van der Waals surface area contributed by atoms with Crippen LogP contribution in [0, 0.1) is 0 Å². The van der Waals surface area contributed by atoms with Gasteiger partial charge in [-0.25, -0.2) is 4.79 Å². The summed E-state index contributed by atoms with van der Waals surface area (Å²) in [6, 6.07) is 8.03. The number of aliphatic imine (C=N–C) groups is 1. The van der Waals surface area contributed by atoms with E-state index in [-0.39, 0.29) is 30.1 Å². The summed E-state index contributed by atoms with van der Waals surface area (Å²) in [6.45, 7) is 8.58. The van der Waals surface area contributed by atoms with Crippen LogP contribution >= 0.6 is 24.0 Å². The van der Waals surface area contributed by atoms with Crippen molar-refractivity contribution in [1.82, 2.24) is 15.1 Å². The molecule has 0 bridgehead atoms. The van der Waals surface area contributed by atoms with Crippen LogP contribution in [-0.4, -0.2) is 74.8 Å². The topological polar surface area (TPSA) is 66.4 Å². The number of methoxy groups -OCH3 is 1. The average molecular weight is 490 g/mol. The molecule has 1 aromatic rings. The number of benzene rings is 1. The second-order valence-electron chi connectivity index (χ2n) is 5.97. The van der Waals surface area contributed by atoms with E-state index in [1.807, 2.05) is 25.1 Å². The first-order valence-electron chi connectivity index (χ1n) is 9.26. The SMILES string of the molecule is CCNC(=NCCc1ccccc1OC)N1CCN(C(=O)OCC)CC1.I. The zero-order valence-corrected chi connectivity index (χ0v) is 18.8. The van der Waals surface area contributed by atoms with Crippen molar-refractivity contribution in [1.29, 1.82) is 0 Å². The first kappa shape index (κ1) is 23.3. The van der Waals surface area contributed by atoms with Gasteiger partial charge in [0.15, 0.2) is 5.96 Å². The smallest absolute Gasteiger partial charge is 0.409 e. The molecule has 0 aliphatic carbocycles. The van der Waals surface area contributed by atoms with E-state index in [4.69, 9.17) is 14.5 Å². The van der Waals surface area contributed by atoms with Gasteiger partial charge >= 0.3 is 6.09 Å². The predicted molar refractivity (Wildman–Crippen MR) is 118 cm³/mol. The first-order valence-corrected chi connectivity index (χ1v) is 9.26. The summed E-state index contributed by atoms with van der Waals surface area (Å²) in [6.07, 6.45) is 0.590. The molecule has 0 spiro atoms. The van der Waals surface area contributed by atoms with Crippen LogP contribution in [0.3, 0.4) is 0 Å². The van der Waals surface area contributed by atoms with Gasteiger partial charge in [-0.3, -0.25) is 4.99 Å². The summed E-state index contributed by atoms with van der Waals surface area (Å²) in [7, 11) is 1.69. The van der Waals surface area contributed by atoms with E-state index >= 15 is 0 Å². The largest absolute Gasteiger partial charge is 0.496 e. The summed E-state index contributed by atoms with van der Waals surface area (Å²) in [5, 5.41) is 3.35. The van der Waals surface area contributed by atoms with Crippen LogP contribution in [0.4, 0.5) is 4.79 Å². The van der Waals surface area contributed by atoms with Gasteiger partial charge in [-0.05, 0) is 31.9 Å². The Bertz CT molecular complexity index is 604. The molecule has 1 aromatic carbocycles. The van der Waals surface area contributed by atoms with Gasteiger partial charge in [-0.1, -0.05) is 18.2 Å². The lowest BCUT2D eigenvalue weighted by Gasteiger charge is -2.35. The van der Waals surface area contributed by atoms with Crippen molar-refractivity contribution in [2.75, 3.05) is 53.0 Å². The molecule has 0 saturated carbocycles. The summed E-state index contributed by atoms with van der Waals surface area (Å²) >= 11 is 0. The molecule has 1 heterocycles. The van der Waals surface area contributed by atoms with Crippen LogP contribution in [0.25, 0.3) is 0 Å². The molecule has 0 unspecified atom stereocenters. The molecule has 8 heteroatoms. The number of piperazine rings is 1. The number of hydrogen-bond donors (Lipinski definition) is 1. The minimum absolute atomic E-state index is 0. The first-order chi connectivity index (χ1) is 12.7. The number of nitrogens with zero attached hydrogens (tertiary/aromatic N) is 3. The Morgan fingerprint density at radius 2 is 1.81 bits per heavy atom. The van der Waals surface area contributed by atoms with Crippen LogP contribution in [0.15, 0.2) is 29.3 Å². The fourth-order valence-corrected chi connectivity index (χ4v) is 2.93. The van der Waals surface area contributed by atoms with E-state index in [9.17, 15) is 4.79 Å². The van der Waals surface area contributed by atoms with Gasteiger partial charge in [-0.15, -0.1) is 24.0 Å². The molecule has 2 rings (SSSR count). The second kappa shape index (κ2) is 12.6. The van der Waals surface area contributed by atoms with Crippen molar-refractivity contribution in [3.8, 4) is 5.75 Å². The third kappa shape index (κ3) is 7.08. The molecule has 1 saturated heterocycles.